The maximum atomic E-state index is 12.4. The number of amides is 1. The van der Waals surface area contributed by atoms with Gasteiger partial charge >= 0.3 is 0 Å². The van der Waals surface area contributed by atoms with Gasteiger partial charge < -0.3 is 15.8 Å². The summed E-state index contributed by atoms with van der Waals surface area (Å²) >= 11 is 0. The van der Waals surface area contributed by atoms with Crippen molar-refractivity contribution < 1.29 is 13.7 Å². The quantitative estimate of drug-likeness (QED) is 0.682. The van der Waals surface area contributed by atoms with Crippen molar-refractivity contribution in [2.45, 2.75) is 16.6 Å². The highest BCUT2D eigenvalue weighted by Gasteiger charge is 2.23. The summed E-state index contributed by atoms with van der Waals surface area (Å²) < 4.78 is 17.7. The molecule has 1 aliphatic heterocycles. The largest absolute Gasteiger partial charge is 0.382 e. The molecule has 1 unspecified atom stereocenters. The Morgan fingerprint density at radius 3 is 2.64 bits per heavy atom. The summed E-state index contributed by atoms with van der Waals surface area (Å²) in [6, 6.07) is 6.57. The standard InChI is InChI=1S/C16H17N5O3S/c17-13-7-20-14(8-19-13)21-16(22)15(18)10-1-3-11(4-2-10)25(23)12-5-6-24-9-12/h1-4,7-8,12,18H,5-6,9H2,(H2,17,19)(H,20,21,22)/t12-,25?/m0/s1. The van der Waals surface area contributed by atoms with Gasteiger partial charge in [-0.05, 0) is 18.6 Å². The maximum Gasteiger partial charge on any atom is 0.275 e. The van der Waals surface area contributed by atoms with Crippen LogP contribution in [-0.2, 0) is 20.3 Å². The van der Waals surface area contributed by atoms with E-state index < -0.39 is 16.7 Å². The fourth-order valence-corrected chi connectivity index (χ4v) is 3.66. The Labute approximate surface area is 146 Å². The second-order valence-corrected chi connectivity index (χ2v) is 7.20. The van der Waals surface area contributed by atoms with Crippen LogP contribution in [0.25, 0.3) is 0 Å². The van der Waals surface area contributed by atoms with Crippen molar-refractivity contribution in [1.29, 1.82) is 5.41 Å². The van der Waals surface area contributed by atoms with Gasteiger partial charge in [0.25, 0.3) is 5.91 Å². The summed E-state index contributed by atoms with van der Waals surface area (Å²) in [5.74, 6) is -0.163. The normalized spacial score (nSPS) is 17.8. The van der Waals surface area contributed by atoms with Gasteiger partial charge in [0, 0.05) is 17.1 Å². The lowest BCUT2D eigenvalue weighted by atomic mass is 10.1. The molecule has 3 rings (SSSR count). The predicted molar refractivity (Wildman–Crippen MR) is 94.0 cm³/mol. The molecule has 130 valence electrons. The summed E-state index contributed by atoms with van der Waals surface area (Å²) in [5.41, 5.74) is 5.63. The van der Waals surface area contributed by atoms with Gasteiger partial charge in [0.05, 0.1) is 35.1 Å². The number of hydrogen-bond acceptors (Lipinski definition) is 7. The van der Waals surface area contributed by atoms with Gasteiger partial charge in [-0.15, -0.1) is 0 Å². The van der Waals surface area contributed by atoms with Crippen LogP contribution in [0.2, 0.25) is 0 Å². The Hall–Kier alpha value is -2.65. The molecule has 1 fully saturated rings. The summed E-state index contributed by atoms with van der Waals surface area (Å²) in [6.45, 7) is 1.13. The first kappa shape index (κ1) is 17.2. The van der Waals surface area contributed by atoms with Crippen molar-refractivity contribution in [2.24, 2.45) is 0 Å². The zero-order valence-electron chi connectivity index (χ0n) is 13.3. The Morgan fingerprint density at radius 2 is 2.04 bits per heavy atom. The number of anilines is 2. The molecule has 1 aromatic carbocycles. The van der Waals surface area contributed by atoms with Crippen LogP contribution in [0, 0.1) is 5.41 Å². The van der Waals surface area contributed by atoms with Gasteiger partial charge in [-0.1, -0.05) is 12.1 Å². The minimum atomic E-state index is -1.15. The molecule has 8 nitrogen and oxygen atoms in total. The van der Waals surface area contributed by atoms with Crippen LogP contribution in [0.4, 0.5) is 11.6 Å². The highest BCUT2D eigenvalue weighted by molar-refractivity contribution is 7.85. The number of carbonyl (C=O) groups excluding carboxylic acids is 1. The fourth-order valence-electron chi connectivity index (χ4n) is 2.34. The Morgan fingerprint density at radius 1 is 1.28 bits per heavy atom. The van der Waals surface area contributed by atoms with Crippen LogP contribution in [0.1, 0.15) is 12.0 Å². The molecule has 0 spiro atoms. The molecular weight excluding hydrogens is 342 g/mol. The molecule has 1 saturated heterocycles. The molecular formula is C16H17N5O3S. The van der Waals surface area contributed by atoms with E-state index in [-0.39, 0.29) is 22.6 Å². The van der Waals surface area contributed by atoms with Gasteiger partial charge in [0.1, 0.15) is 11.5 Å². The molecule has 1 aliphatic rings. The van der Waals surface area contributed by atoms with Crippen molar-refractivity contribution in [3.05, 3.63) is 42.2 Å². The molecule has 1 aromatic heterocycles. The van der Waals surface area contributed by atoms with Crippen LogP contribution >= 0.6 is 0 Å². The first-order valence-electron chi connectivity index (χ1n) is 7.61. The Balaban J connectivity index is 1.66. The topological polar surface area (TPSA) is 131 Å². The minimum Gasteiger partial charge on any atom is -0.382 e. The summed E-state index contributed by atoms with van der Waals surface area (Å²) in [6.07, 6.45) is 3.40. The number of nitrogens with two attached hydrogens (primary N) is 1. The molecule has 4 N–H and O–H groups in total. The second-order valence-electron chi connectivity index (χ2n) is 5.46. The zero-order chi connectivity index (χ0) is 17.8. The third kappa shape index (κ3) is 4.06. The number of nitrogens with zero attached hydrogens (tertiary/aromatic N) is 2. The highest BCUT2D eigenvalue weighted by atomic mass is 32.2. The summed E-state index contributed by atoms with van der Waals surface area (Å²) in [5, 5.41) is 10.5. The van der Waals surface area contributed by atoms with E-state index in [1.165, 1.54) is 12.4 Å². The van der Waals surface area contributed by atoms with E-state index in [9.17, 15) is 9.00 Å². The van der Waals surface area contributed by atoms with Gasteiger partial charge in [-0.2, -0.15) is 0 Å². The monoisotopic (exact) mass is 359 g/mol. The molecule has 9 heteroatoms. The SMILES string of the molecule is N=C(C(=O)Nc1cnc(N)cn1)c1ccc(S(=O)[C@H]2CCOC2)cc1. The summed E-state index contributed by atoms with van der Waals surface area (Å²) in [4.78, 5) is 20.5. The molecule has 0 radical (unpaired) electrons. The highest BCUT2D eigenvalue weighted by Crippen LogP contribution is 2.19. The number of carbonyl (C=O) groups is 1. The van der Waals surface area contributed by atoms with E-state index in [0.29, 0.717) is 23.7 Å². The van der Waals surface area contributed by atoms with Crippen LogP contribution < -0.4 is 11.1 Å². The van der Waals surface area contributed by atoms with Gasteiger partial charge in [0.2, 0.25) is 0 Å². The van der Waals surface area contributed by atoms with Crippen LogP contribution in [0.5, 0.6) is 0 Å². The van der Waals surface area contributed by atoms with E-state index >= 15 is 0 Å². The molecule has 0 aliphatic carbocycles. The molecule has 0 bridgehead atoms. The van der Waals surface area contributed by atoms with Gasteiger partial charge in [0.15, 0.2) is 5.82 Å². The van der Waals surface area contributed by atoms with Crippen molar-refractivity contribution in [1.82, 2.24) is 9.97 Å². The maximum absolute atomic E-state index is 12.4. The lowest BCUT2D eigenvalue weighted by molar-refractivity contribution is -0.110. The van der Waals surface area contributed by atoms with E-state index in [2.05, 4.69) is 15.3 Å². The smallest absolute Gasteiger partial charge is 0.275 e. The lowest BCUT2D eigenvalue weighted by Crippen LogP contribution is -2.23. The van der Waals surface area contributed by atoms with Gasteiger partial charge in [-0.3, -0.25) is 14.4 Å². The van der Waals surface area contributed by atoms with Crippen LogP contribution in [-0.4, -0.2) is 44.3 Å². The number of ether oxygens (including phenoxy) is 1. The van der Waals surface area contributed by atoms with Crippen molar-refractivity contribution in [3.63, 3.8) is 0 Å². The van der Waals surface area contributed by atoms with Crippen LogP contribution in [0.3, 0.4) is 0 Å². The molecule has 0 saturated carbocycles. The first-order valence-corrected chi connectivity index (χ1v) is 8.82. The molecule has 1 amide bonds. The minimum absolute atomic E-state index is 0.00214. The summed E-state index contributed by atoms with van der Waals surface area (Å²) in [7, 11) is -1.15. The number of rotatable bonds is 5. The zero-order valence-corrected chi connectivity index (χ0v) is 14.1. The number of nitrogens with one attached hydrogen (secondary N) is 2. The molecule has 2 atom stereocenters. The molecule has 2 aromatic rings. The Kier molecular flexibility index (Phi) is 5.15. The van der Waals surface area contributed by atoms with Crippen molar-refractivity contribution in [3.8, 4) is 0 Å². The van der Waals surface area contributed by atoms with E-state index in [1.54, 1.807) is 24.3 Å². The number of nitrogen functional groups attached to an aromatic ring is 1. The second kappa shape index (κ2) is 7.49. The number of aromatic nitrogens is 2. The average Bonchev–Trinajstić information content (AvgIpc) is 3.17. The lowest BCUT2D eigenvalue weighted by Gasteiger charge is -2.09. The van der Waals surface area contributed by atoms with Crippen molar-refractivity contribution in [2.75, 3.05) is 24.3 Å². The third-order valence-corrected chi connectivity index (χ3v) is 5.42. The van der Waals surface area contributed by atoms with Crippen molar-refractivity contribution >= 4 is 34.1 Å². The van der Waals surface area contributed by atoms with E-state index in [0.717, 1.165) is 6.42 Å². The number of benzene rings is 1. The third-order valence-electron chi connectivity index (χ3n) is 3.71. The van der Waals surface area contributed by atoms with E-state index in [1.807, 2.05) is 0 Å². The fraction of sp³-hybridized carbons (Fsp3) is 0.250. The van der Waals surface area contributed by atoms with Gasteiger partial charge in [-0.25, -0.2) is 9.97 Å². The Bertz CT molecular complexity index is 802. The van der Waals surface area contributed by atoms with E-state index in [4.69, 9.17) is 15.9 Å². The first-order chi connectivity index (χ1) is 12.0. The average molecular weight is 359 g/mol. The molecule has 2 heterocycles. The van der Waals surface area contributed by atoms with Crippen LogP contribution in [0.15, 0.2) is 41.6 Å². The predicted octanol–water partition coefficient (Wildman–Crippen LogP) is 0.962. The molecule has 25 heavy (non-hydrogen) atoms. The number of hydrogen-bond donors (Lipinski definition) is 3.